The number of amides is 1. The van der Waals surface area contributed by atoms with Crippen molar-refractivity contribution in [3.63, 3.8) is 0 Å². The summed E-state index contributed by atoms with van der Waals surface area (Å²) >= 11 is 4.66. The Hall–Kier alpha value is -3.48. The second-order valence-corrected chi connectivity index (χ2v) is 9.48. The minimum absolute atomic E-state index is 0.0504. The van der Waals surface area contributed by atoms with Gasteiger partial charge in [0.05, 0.1) is 16.6 Å². The highest BCUT2D eigenvalue weighted by atomic mass is 79.9. The Morgan fingerprint density at radius 2 is 1.97 bits per heavy atom. The topological polar surface area (TPSA) is 88.4 Å². The van der Waals surface area contributed by atoms with E-state index in [1.165, 1.54) is 23.5 Å². The molecule has 0 aliphatic rings. The minimum Gasteiger partial charge on any atom is -0.488 e. The maximum absolute atomic E-state index is 13.8. The predicted molar refractivity (Wildman–Crippen MR) is 137 cm³/mol. The number of nitrogens with zero attached hydrogens (tertiary/aromatic N) is 1. The molecule has 1 amide bonds. The van der Waals surface area contributed by atoms with E-state index in [1.807, 2.05) is 13.0 Å². The zero-order chi connectivity index (χ0) is 25.5. The molecule has 0 fully saturated rings. The number of benzene rings is 2. The summed E-state index contributed by atoms with van der Waals surface area (Å²) in [6.07, 6.45) is 1.43. The van der Waals surface area contributed by atoms with Crippen LogP contribution in [0.3, 0.4) is 0 Å². The highest BCUT2D eigenvalue weighted by Gasteiger charge is 2.23. The first kappa shape index (κ1) is 26.1. The normalized spacial score (nSPS) is 11.0. The fourth-order valence-corrected chi connectivity index (χ4v) is 4.70. The summed E-state index contributed by atoms with van der Waals surface area (Å²) in [6.45, 7) is 5.58. The van der Waals surface area contributed by atoms with Crippen LogP contribution in [0.1, 0.15) is 38.8 Å². The molecule has 3 aromatic rings. The van der Waals surface area contributed by atoms with Gasteiger partial charge in [0.25, 0.3) is 5.91 Å². The summed E-state index contributed by atoms with van der Waals surface area (Å²) < 4.78 is 25.2. The van der Waals surface area contributed by atoms with Crippen molar-refractivity contribution in [1.29, 1.82) is 5.26 Å². The van der Waals surface area contributed by atoms with Gasteiger partial charge in [-0.25, -0.2) is 9.18 Å². The van der Waals surface area contributed by atoms with E-state index in [4.69, 9.17) is 9.47 Å². The number of anilines is 1. The predicted octanol–water partition coefficient (Wildman–Crippen LogP) is 6.57. The van der Waals surface area contributed by atoms with E-state index in [2.05, 4.69) is 21.2 Å². The van der Waals surface area contributed by atoms with Crippen LogP contribution in [0.4, 0.5) is 9.39 Å². The van der Waals surface area contributed by atoms with E-state index in [1.54, 1.807) is 50.2 Å². The van der Waals surface area contributed by atoms with Crippen molar-refractivity contribution in [1.82, 2.24) is 0 Å². The molecule has 0 saturated heterocycles. The van der Waals surface area contributed by atoms with E-state index in [-0.39, 0.29) is 24.6 Å². The molecule has 2 aromatic carbocycles. The Kier molecular flexibility index (Phi) is 8.79. The van der Waals surface area contributed by atoms with Gasteiger partial charge in [-0.3, -0.25) is 4.79 Å². The number of esters is 1. The summed E-state index contributed by atoms with van der Waals surface area (Å²) in [6, 6.07) is 13.3. The third-order valence-corrected chi connectivity index (χ3v) is 6.81. The first-order valence-corrected chi connectivity index (χ1v) is 12.2. The van der Waals surface area contributed by atoms with Crippen LogP contribution in [0, 0.1) is 31.0 Å². The zero-order valence-electron chi connectivity index (χ0n) is 19.3. The summed E-state index contributed by atoms with van der Waals surface area (Å²) in [5, 5.41) is 12.6. The number of aryl methyl sites for hydroxylation is 1. The van der Waals surface area contributed by atoms with Crippen LogP contribution < -0.4 is 10.1 Å². The van der Waals surface area contributed by atoms with Crippen molar-refractivity contribution >= 4 is 50.2 Å². The van der Waals surface area contributed by atoms with E-state index >= 15 is 0 Å². The highest BCUT2D eigenvalue weighted by Crippen LogP contribution is 2.33. The molecule has 0 radical (unpaired) electrons. The van der Waals surface area contributed by atoms with E-state index in [9.17, 15) is 19.2 Å². The van der Waals surface area contributed by atoms with Crippen molar-refractivity contribution in [3.05, 3.63) is 85.5 Å². The van der Waals surface area contributed by atoms with Crippen LogP contribution in [0.5, 0.6) is 5.75 Å². The Morgan fingerprint density at radius 1 is 1.23 bits per heavy atom. The number of carbonyl (C=O) groups excluding carboxylic acids is 2. The molecule has 3 rings (SSSR count). The van der Waals surface area contributed by atoms with Crippen molar-refractivity contribution in [2.24, 2.45) is 0 Å². The van der Waals surface area contributed by atoms with Gasteiger partial charge >= 0.3 is 5.97 Å². The van der Waals surface area contributed by atoms with Gasteiger partial charge in [0.1, 0.15) is 34.8 Å². The number of halogens is 2. The maximum Gasteiger partial charge on any atom is 0.341 e. The van der Waals surface area contributed by atoms with Crippen molar-refractivity contribution in [2.45, 2.75) is 27.4 Å². The Labute approximate surface area is 215 Å². The van der Waals surface area contributed by atoms with Crippen LogP contribution in [0.2, 0.25) is 0 Å². The lowest BCUT2D eigenvalue weighted by molar-refractivity contribution is -0.112. The number of hydrogen-bond acceptors (Lipinski definition) is 6. The molecule has 1 heterocycles. The lowest BCUT2D eigenvalue weighted by Crippen LogP contribution is -2.16. The fourth-order valence-electron chi connectivity index (χ4n) is 3.14. The number of carbonyl (C=O) groups is 2. The summed E-state index contributed by atoms with van der Waals surface area (Å²) in [4.78, 5) is 26.0. The standard InChI is InChI=1S/C26H22BrFN2O4S/c1-4-33-26(32)23-15(2)16(3)35-25(23)30-24(31)19(13-29)11-17-9-10-22(20(27)12-17)34-14-18-7-5-6-8-21(18)28/h5-12H,4,14H2,1-3H3,(H,30,31). The lowest BCUT2D eigenvalue weighted by Gasteiger charge is -2.10. The average molecular weight is 557 g/mol. The van der Waals surface area contributed by atoms with E-state index < -0.39 is 11.9 Å². The SMILES string of the molecule is CCOC(=O)c1c(NC(=O)C(C#N)=Cc2ccc(OCc3ccccc3F)c(Br)c2)sc(C)c1C. The van der Waals surface area contributed by atoms with Gasteiger partial charge in [-0.05, 0) is 72.1 Å². The number of ether oxygens (including phenoxy) is 2. The third-order valence-electron chi connectivity index (χ3n) is 5.06. The fraction of sp³-hybridized carbons (Fsp3) is 0.192. The molecule has 0 bridgehead atoms. The smallest absolute Gasteiger partial charge is 0.341 e. The highest BCUT2D eigenvalue weighted by molar-refractivity contribution is 9.10. The van der Waals surface area contributed by atoms with Crippen LogP contribution >= 0.6 is 27.3 Å². The summed E-state index contributed by atoms with van der Waals surface area (Å²) in [5.41, 5.74) is 1.87. The first-order chi connectivity index (χ1) is 16.7. The molecule has 0 saturated carbocycles. The second kappa shape index (κ2) is 11.8. The quantitative estimate of drug-likeness (QED) is 0.192. The van der Waals surface area contributed by atoms with Gasteiger partial charge in [-0.2, -0.15) is 5.26 Å². The largest absolute Gasteiger partial charge is 0.488 e. The molecule has 1 aromatic heterocycles. The molecule has 0 unspecified atom stereocenters. The molecule has 35 heavy (non-hydrogen) atoms. The van der Waals surface area contributed by atoms with Gasteiger partial charge in [0.2, 0.25) is 0 Å². The van der Waals surface area contributed by atoms with Crippen molar-refractivity contribution in [2.75, 3.05) is 11.9 Å². The first-order valence-electron chi connectivity index (χ1n) is 10.6. The second-order valence-electron chi connectivity index (χ2n) is 7.40. The Bertz CT molecular complexity index is 1340. The van der Waals surface area contributed by atoms with Crippen LogP contribution in [0.15, 0.2) is 52.5 Å². The zero-order valence-corrected chi connectivity index (χ0v) is 21.7. The average Bonchev–Trinajstić information content (AvgIpc) is 3.10. The molecular weight excluding hydrogens is 535 g/mol. The molecule has 0 atom stereocenters. The van der Waals surface area contributed by atoms with Gasteiger partial charge in [-0.15, -0.1) is 11.3 Å². The Balaban J connectivity index is 1.77. The molecule has 0 aliphatic carbocycles. The van der Waals surface area contributed by atoms with Gasteiger partial charge < -0.3 is 14.8 Å². The maximum atomic E-state index is 13.8. The van der Waals surface area contributed by atoms with Gasteiger partial charge in [-0.1, -0.05) is 24.3 Å². The van der Waals surface area contributed by atoms with Crippen LogP contribution in [-0.4, -0.2) is 18.5 Å². The summed E-state index contributed by atoms with van der Waals surface area (Å²) in [7, 11) is 0. The molecular formula is C26H22BrFN2O4S. The number of hydrogen-bond donors (Lipinski definition) is 1. The molecule has 0 aliphatic heterocycles. The van der Waals surface area contributed by atoms with Gasteiger partial charge in [0.15, 0.2) is 0 Å². The Morgan fingerprint density at radius 3 is 2.63 bits per heavy atom. The monoisotopic (exact) mass is 556 g/mol. The van der Waals surface area contributed by atoms with Gasteiger partial charge in [0, 0.05) is 10.4 Å². The number of nitrogens with one attached hydrogen (secondary N) is 1. The number of thiophene rings is 1. The summed E-state index contributed by atoms with van der Waals surface area (Å²) in [5.74, 6) is -1.04. The van der Waals surface area contributed by atoms with Crippen LogP contribution in [0.25, 0.3) is 6.08 Å². The minimum atomic E-state index is -0.643. The van der Waals surface area contributed by atoms with Crippen LogP contribution in [-0.2, 0) is 16.1 Å². The number of rotatable bonds is 8. The van der Waals surface area contributed by atoms with E-state index in [0.717, 1.165) is 10.4 Å². The molecule has 180 valence electrons. The molecule has 0 spiro atoms. The molecule has 1 N–H and O–H groups in total. The van der Waals surface area contributed by atoms with Crippen molar-refractivity contribution in [3.8, 4) is 11.8 Å². The molecule has 9 heteroatoms. The lowest BCUT2D eigenvalue weighted by atomic mass is 10.1. The van der Waals surface area contributed by atoms with E-state index in [0.29, 0.717) is 31.9 Å². The molecule has 6 nitrogen and oxygen atoms in total. The third kappa shape index (κ3) is 6.35. The number of nitriles is 1. The van der Waals surface area contributed by atoms with Crippen molar-refractivity contribution < 1.29 is 23.5 Å².